The van der Waals surface area contributed by atoms with Gasteiger partial charge in [0.25, 0.3) is 5.91 Å². The van der Waals surface area contributed by atoms with E-state index in [0.29, 0.717) is 26.9 Å². The predicted molar refractivity (Wildman–Crippen MR) is 111 cm³/mol. The molecule has 0 saturated heterocycles. The van der Waals surface area contributed by atoms with Gasteiger partial charge in [0.1, 0.15) is 5.75 Å². The van der Waals surface area contributed by atoms with Gasteiger partial charge in [0.15, 0.2) is 6.61 Å². The highest BCUT2D eigenvalue weighted by atomic mass is 35.5. The molecule has 0 radical (unpaired) electrons. The van der Waals surface area contributed by atoms with Gasteiger partial charge in [-0.2, -0.15) is 0 Å². The van der Waals surface area contributed by atoms with Crippen molar-refractivity contribution in [2.75, 3.05) is 11.9 Å². The van der Waals surface area contributed by atoms with Crippen LogP contribution in [0.2, 0.25) is 10.0 Å². The summed E-state index contributed by atoms with van der Waals surface area (Å²) in [6.45, 7) is 3.98. The van der Waals surface area contributed by atoms with Crippen LogP contribution in [0.1, 0.15) is 13.8 Å². The lowest BCUT2D eigenvalue weighted by Gasteiger charge is -2.07. The van der Waals surface area contributed by atoms with E-state index in [1.165, 1.54) is 6.07 Å². The Bertz CT molecular complexity index is 979. The molecule has 0 saturated carbocycles. The molecule has 2 aromatic carbocycles. The highest BCUT2D eigenvalue weighted by Crippen LogP contribution is 2.29. The molecule has 0 atom stereocenters. The van der Waals surface area contributed by atoms with Crippen LogP contribution in [0.4, 0.5) is 6.01 Å². The number of hydrogen-bond donors (Lipinski definition) is 1. The number of benzene rings is 2. The van der Waals surface area contributed by atoms with E-state index in [-0.39, 0.29) is 12.6 Å². The summed E-state index contributed by atoms with van der Waals surface area (Å²) in [6, 6.07) is 12.5. The summed E-state index contributed by atoms with van der Waals surface area (Å²) in [7, 11) is 0. The smallest absolute Gasteiger partial charge is 0.322 e. The van der Waals surface area contributed by atoms with Gasteiger partial charge in [-0.1, -0.05) is 48.2 Å². The summed E-state index contributed by atoms with van der Waals surface area (Å²) in [5.74, 6) is 0.223. The van der Waals surface area contributed by atoms with Crippen molar-refractivity contribution in [3.8, 4) is 17.2 Å². The lowest BCUT2D eigenvalue weighted by Crippen LogP contribution is -2.20. The van der Waals surface area contributed by atoms with Crippen LogP contribution in [0.25, 0.3) is 11.5 Å². The Morgan fingerprint density at radius 2 is 2.04 bits per heavy atom. The van der Waals surface area contributed by atoms with E-state index in [9.17, 15) is 4.79 Å². The van der Waals surface area contributed by atoms with Crippen molar-refractivity contribution in [1.82, 2.24) is 10.2 Å². The summed E-state index contributed by atoms with van der Waals surface area (Å²) < 4.78 is 10.9. The zero-order valence-corrected chi connectivity index (χ0v) is 17.4. The van der Waals surface area contributed by atoms with Crippen molar-refractivity contribution < 1.29 is 13.9 Å². The number of carbonyl (C=O) groups excluding carboxylic acids is 1. The maximum absolute atomic E-state index is 12.0. The summed E-state index contributed by atoms with van der Waals surface area (Å²) in [6.07, 6.45) is 0. The minimum atomic E-state index is -0.453. The molecule has 6 nitrogen and oxygen atoms in total. The molecule has 3 aromatic rings. The van der Waals surface area contributed by atoms with Crippen molar-refractivity contribution in [2.45, 2.75) is 24.0 Å². The second-order valence-corrected chi connectivity index (χ2v) is 8.51. The topological polar surface area (TPSA) is 77.2 Å². The van der Waals surface area contributed by atoms with E-state index in [2.05, 4.69) is 29.4 Å². The molecule has 3 rings (SSSR count). The van der Waals surface area contributed by atoms with Crippen molar-refractivity contribution in [1.29, 1.82) is 0 Å². The third-order valence-electron chi connectivity index (χ3n) is 3.38. The largest absolute Gasteiger partial charge is 0.482 e. The van der Waals surface area contributed by atoms with Gasteiger partial charge in [-0.05, 0) is 36.4 Å². The van der Waals surface area contributed by atoms with Gasteiger partial charge in [-0.3, -0.25) is 10.1 Å². The minimum Gasteiger partial charge on any atom is -0.482 e. The fourth-order valence-corrected chi connectivity index (χ4v) is 3.62. The van der Waals surface area contributed by atoms with Gasteiger partial charge in [0.2, 0.25) is 5.89 Å². The number of nitrogens with one attached hydrogen (secondary N) is 1. The van der Waals surface area contributed by atoms with Gasteiger partial charge in [0.05, 0.1) is 5.02 Å². The summed E-state index contributed by atoms with van der Waals surface area (Å²) in [4.78, 5) is 13.2. The number of aromatic nitrogens is 2. The van der Waals surface area contributed by atoms with Crippen molar-refractivity contribution >= 4 is 46.9 Å². The van der Waals surface area contributed by atoms with Crippen LogP contribution >= 0.6 is 35.0 Å². The van der Waals surface area contributed by atoms with Crippen LogP contribution in [0.15, 0.2) is 51.8 Å². The molecule has 146 valence electrons. The maximum Gasteiger partial charge on any atom is 0.322 e. The summed E-state index contributed by atoms with van der Waals surface area (Å²) >= 11 is 13.6. The van der Waals surface area contributed by atoms with Gasteiger partial charge in [-0.15, -0.1) is 16.9 Å². The Balaban J connectivity index is 1.60. The zero-order chi connectivity index (χ0) is 20.1. The second kappa shape index (κ2) is 9.32. The molecular formula is C19H17Cl2N3O3S. The Morgan fingerprint density at radius 1 is 1.21 bits per heavy atom. The molecule has 1 N–H and O–H groups in total. The molecule has 1 heterocycles. The van der Waals surface area contributed by atoms with E-state index >= 15 is 0 Å². The summed E-state index contributed by atoms with van der Waals surface area (Å²) in [5.41, 5.74) is 0.780. The van der Waals surface area contributed by atoms with E-state index in [0.717, 1.165) is 10.5 Å². The Morgan fingerprint density at radius 3 is 2.79 bits per heavy atom. The molecule has 1 aromatic heterocycles. The first-order chi connectivity index (χ1) is 13.4. The molecule has 0 bridgehead atoms. The number of rotatable bonds is 7. The molecule has 0 fully saturated rings. The highest BCUT2D eigenvalue weighted by Gasteiger charge is 2.13. The molecule has 1 amide bonds. The normalized spacial score (nSPS) is 10.9. The van der Waals surface area contributed by atoms with Gasteiger partial charge < -0.3 is 9.15 Å². The molecule has 0 unspecified atom stereocenters. The van der Waals surface area contributed by atoms with E-state index in [4.69, 9.17) is 32.4 Å². The van der Waals surface area contributed by atoms with E-state index < -0.39 is 5.91 Å². The summed E-state index contributed by atoms with van der Waals surface area (Å²) in [5, 5.41) is 11.6. The number of hydrogen-bond acceptors (Lipinski definition) is 6. The number of ether oxygens (including phenoxy) is 1. The van der Waals surface area contributed by atoms with E-state index in [1.807, 2.05) is 24.3 Å². The molecule has 0 aliphatic rings. The number of carbonyl (C=O) groups is 1. The minimum absolute atomic E-state index is 0.00674. The maximum atomic E-state index is 12.0. The number of thioether (sulfide) groups is 1. The average Bonchev–Trinajstić information content (AvgIpc) is 3.09. The van der Waals surface area contributed by atoms with Crippen molar-refractivity contribution in [2.24, 2.45) is 0 Å². The SMILES string of the molecule is CC(C)Sc1cccc(-c2nnc(NC(=O)COc3ccc(Cl)cc3Cl)o2)c1. The van der Waals surface area contributed by atoms with Crippen LogP contribution in [0.5, 0.6) is 5.75 Å². The monoisotopic (exact) mass is 437 g/mol. The van der Waals surface area contributed by atoms with Gasteiger partial charge in [-0.25, -0.2) is 0 Å². The van der Waals surface area contributed by atoms with Gasteiger partial charge >= 0.3 is 6.01 Å². The van der Waals surface area contributed by atoms with Crippen LogP contribution in [0, 0.1) is 0 Å². The van der Waals surface area contributed by atoms with Crippen molar-refractivity contribution in [3.05, 3.63) is 52.5 Å². The second-order valence-electron chi connectivity index (χ2n) is 6.02. The first-order valence-corrected chi connectivity index (χ1v) is 10.0. The fraction of sp³-hybridized carbons (Fsp3) is 0.211. The average molecular weight is 438 g/mol. The Labute approximate surface area is 176 Å². The molecular weight excluding hydrogens is 421 g/mol. The quantitative estimate of drug-likeness (QED) is 0.487. The van der Waals surface area contributed by atoms with Crippen LogP contribution in [0.3, 0.4) is 0 Å². The third kappa shape index (κ3) is 5.64. The third-order valence-corrected chi connectivity index (χ3v) is 4.90. The van der Waals surface area contributed by atoms with Crippen LogP contribution in [-0.2, 0) is 4.79 Å². The fourth-order valence-electron chi connectivity index (χ4n) is 2.26. The van der Waals surface area contributed by atoms with Gasteiger partial charge in [0, 0.05) is 20.7 Å². The number of halogens is 2. The molecule has 0 aliphatic carbocycles. The zero-order valence-electron chi connectivity index (χ0n) is 15.1. The van der Waals surface area contributed by atoms with Crippen LogP contribution < -0.4 is 10.1 Å². The van der Waals surface area contributed by atoms with E-state index in [1.54, 1.807) is 23.9 Å². The lowest BCUT2D eigenvalue weighted by atomic mass is 10.2. The standard InChI is InChI=1S/C19H17Cl2N3O3S/c1-11(2)28-14-5-3-4-12(8-14)18-23-24-19(27-18)22-17(25)10-26-16-7-6-13(20)9-15(16)21/h3-9,11H,10H2,1-2H3,(H,22,24,25). The lowest BCUT2D eigenvalue weighted by molar-refractivity contribution is -0.118. The van der Waals surface area contributed by atoms with Crippen molar-refractivity contribution in [3.63, 3.8) is 0 Å². The highest BCUT2D eigenvalue weighted by molar-refractivity contribution is 7.99. The Hall–Kier alpha value is -2.22. The predicted octanol–water partition coefficient (Wildman–Crippen LogP) is 5.56. The number of anilines is 1. The first-order valence-electron chi connectivity index (χ1n) is 8.39. The number of amides is 1. The molecule has 9 heteroatoms. The number of nitrogens with zero attached hydrogens (tertiary/aromatic N) is 2. The first kappa shape index (κ1) is 20.5. The Kier molecular flexibility index (Phi) is 6.83. The molecule has 28 heavy (non-hydrogen) atoms. The molecule has 0 aliphatic heterocycles. The van der Waals surface area contributed by atoms with Crippen LogP contribution in [-0.4, -0.2) is 28.0 Å². The molecule has 0 spiro atoms.